The molecule has 2 aromatic rings. The van der Waals surface area contributed by atoms with Crippen LogP contribution in [0.15, 0.2) is 30.6 Å². The lowest BCUT2D eigenvalue weighted by molar-refractivity contribution is 0.112. The Kier molecular flexibility index (Phi) is 3.67. The lowest BCUT2D eigenvalue weighted by Crippen LogP contribution is -1.99. The Labute approximate surface area is 110 Å². The van der Waals surface area contributed by atoms with Crippen molar-refractivity contribution in [2.75, 3.05) is 0 Å². The van der Waals surface area contributed by atoms with Crippen molar-refractivity contribution in [1.29, 1.82) is 0 Å². The van der Waals surface area contributed by atoms with Crippen LogP contribution in [0.5, 0.6) is 11.5 Å². The molecule has 0 spiro atoms. The van der Waals surface area contributed by atoms with Crippen molar-refractivity contribution >= 4 is 17.9 Å². The van der Waals surface area contributed by atoms with Gasteiger partial charge in [0.15, 0.2) is 17.8 Å². The lowest BCUT2D eigenvalue weighted by atomic mass is 10.2. The Balaban J connectivity index is 2.30. The van der Waals surface area contributed by atoms with Gasteiger partial charge in [-0.25, -0.2) is 0 Å². The summed E-state index contributed by atoms with van der Waals surface area (Å²) < 4.78 is 7.39. The molecule has 94 valence electrons. The van der Waals surface area contributed by atoms with E-state index in [9.17, 15) is 4.79 Å². The predicted molar refractivity (Wildman–Crippen MR) is 69.5 cm³/mol. The number of carbonyl (C=O) groups is 1. The SMILES string of the molecule is CC(C)n1cc(Oc2c(Cl)cccc2C=O)cn1. The molecule has 0 saturated carbocycles. The third-order valence-corrected chi connectivity index (χ3v) is 2.75. The van der Waals surface area contributed by atoms with Gasteiger partial charge in [-0.05, 0) is 26.0 Å². The Morgan fingerprint density at radius 1 is 1.44 bits per heavy atom. The molecule has 5 heteroatoms. The zero-order valence-corrected chi connectivity index (χ0v) is 10.9. The van der Waals surface area contributed by atoms with Crippen LogP contribution in [0, 0.1) is 0 Å². The second-order valence-corrected chi connectivity index (χ2v) is 4.54. The van der Waals surface area contributed by atoms with Gasteiger partial charge in [0.05, 0.1) is 23.0 Å². The van der Waals surface area contributed by atoms with Crippen molar-refractivity contribution in [3.63, 3.8) is 0 Å². The number of aromatic nitrogens is 2. The maximum Gasteiger partial charge on any atom is 0.165 e. The van der Waals surface area contributed by atoms with Crippen LogP contribution in [-0.2, 0) is 0 Å². The van der Waals surface area contributed by atoms with Crippen molar-refractivity contribution in [3.05, 3.63) is 41.2 Å². The van der Waals surface area contributed by atoms with Crippen LogP contribution in [0.25, 0.3) is 0 Å². The van der Waals surface area contributed by atoms with Crippen molar-refractivity contribution in [2.45, 2.75) is 19.9 Å². The number of hydrogen-bond acceptors (Lipinski definition) is 3. The summed E-state index contributed by atoms with van der Waals surface area (Å²) in [5.41, 5.74) is 0.416. The van der Waals surface area contributed by atoms with Gasteiger partial charge in [0.25, 0.3) is 0 Å². The van der Waals surface area contributed by atoms with E-state index in [-0.39, 0.29) is 6.04 Å². The Hall–Kier alpha value is -1.81. The lowest BCUT2D eigenvalue weighted by Gasteiger charge is -2.07. The molecular formula is C13H13ClN2O2. The minimum absolute atomic E-state index is 0.249. The molecule has 1 aromatic carbocycles. The Bertz CT molecular complexity index is 564. The molecule has 18 heavy (non-hydrogen) atoms. The van der Waals surface area contributed by atoms with Crippen molar-refractivity contribution < 1.29 is 9.53 Å². The molecule has 0 N–H and O–H groups in total. The number of hydrogen-bond donors (Lipinski definition) is 0. The molecule has 0 unspecified atom stereocenters. The van der Waals surface area contributed by atoms with Gasteiger partial charge in [-0.2, -0.15) is 5.10 Å². The van der Waals surface area contributed by atoms with E-state index < -0.39 is 0 Å². The molecule has 4 nitrogen and oxygen atoms in total. The molecule has 2 rings (SSSR count). The molecule has 1 heterocycles. The minimum Gasteiger partial charge on any atom is -0.452 e. The maximum atomic E-state index is 10.9. The Morgan fingerprint density at radius 2 is 2.22 bits per heavy atom. The molecule has 0 amide bonds. The zero-order valence-electron chi connectivity index (χ0n) is 10.1. The number of nitrogens with zero attached hydrogens (tertiary/aromatic N) is 2. The van der Waals surface area contributed by atoms with Gasteiger partial charge in [0.1, 0.15) is 0 Å². The second kappa shape index (κ2) is 5.23. The maximum absolute atomic E-state index is 10.9. The molecule has 0 atom stereocenters. The van der Waals surface area contributed by atoms with E-state index in [0.29, 0.717) is 28.4 Å². The summed E-state index contributed by atoms with van der Waals surface area (Å²) >= 11 is 6.02. The zero-order chi connectivity index (χ0) is 13.1. The monoisotopic (exact) mass is 264 g/mol. The van der Waals surface area contributed by atoms with Gasteiger partial charge < -0.3 is 4.74 Å². The van der Waals surface area contributed by atoms with Crippen LogP contribution < -0.4 is 4.74 Å². The quantitative estimate of drug-likeness (QED) is 0.791. The molecule has 1 aromatic heterocycles. The predicted octanol–water partition coefficient (Wildman–Crippen LogP) is 3.72. The Morgan fingerprint density at radius 3 is 2.83 bits per heavy atom. The van der Waals surface area contributed by atoms with Gasteiger partial charge in [-0.15, -0.1) is 0 Å². The van der Waals surface area contributed by atoms with E-state index in [1.54, 1.807) is 35.3 Å². The topological polar surface area (TPSA) is 44.1 Å². The molecule has 0 aliphatic rings. The third-order valence-electron chi connectivity index (χ3n) is 2.45. The molecule has 0 bridgehead atoms. The summed E-state index contributed by atoms with van der Waals surface area (Å²) in [7, 11) is 0. The summed E-state index contributed by atoms with van der Waals surface area (Å²) in [4.78, 5) is 10.9. The minimum atomic E-state index is 0.249. The van der Waals surface area contributed by atoms with Gasteiger partial charge in [-0.1, -0.05) is 17.7 Å². The van der Waals surface area contributed by atoms with Crippen LogP contribution in [-0.4, -0.2) is 16.1 Å². The van der Waals surface area contributed by atoms with E-state index in [1.165, 1.54) is 0 Å². The molecule has 0 aliphatic heterocycles. The number of halogens is 1. The van der Waals surface area contributed by atoms with Crippen LogP contribution in [0.3, 0.4) is 0 Å². The standard InChI is InChI=1S/C13H13ClN2O2/c1-9(2)16-7-11(6-15-16)18-13-10(8-17)4-3-5-12(13)14/h3-9H,1-2H3. The first-order valence-corrected chi connectivity index (χ1v) is 5.95. The van der Waals surface area contributed by atoms with E-state index in [0.717, 1.165) is 0 Å². The molecule has 0 aliphatic carbocycles. The van der Waals surface area contributed by atoms with E-state index >= 15 is 0 Å². The van der Waals surface area contributed by atoms with Crippen molar-refractivity contribution in [1.82, 2.24) is 9.78 Å². The largest absolute Gasteiger partial charge is 0.452 e. The molecule has 0 saturated heterocycles. The summed E-state index contributed by atoms with van der Waals surface area (Å²) in [6.45, 7) is 4.03. The first-order chi connectivity index (χ1) is 8.61. The van der Waals surface area contributed by atoms with Crippen LogP contribution in [0.2, 0.25) is 5.02 Å². The summed E-state index contributed by atoms with van der Waals surface area (Å²) in [6, 6.07) is 5.29. The molecule has 0 fully saturated rings. The first-order valence-electron chi connectivity index (χ1n) is 5.57. The average molecular weight is 265 g/mol. The highest BCUT2D eigenvalue weighted by Crippen LogP contribution is 2.32. The number of rotatable bonds is 4. The van der Waals surface area contributed by atoms with Gasteiger partial charge >= 0.3 is 0 Å². The van der Waals surface area contributed by atoms with Crippen LogP contribution in [0.4, 0.5) is 0 Å². The summed E-state index contributed by atoms with van der Waals surface area (Å²) in [5.74, 6) is 0.914. The molecule has 0 radical (unpaired) electrons. The number of ether oxygens (including phenoxy) is 1. The average Bonchev–Trinajstić information content (AvgIpc) is 2.80. The fourth-order valence-corrected chi connectivity index (χ4v) is 1.72. The second-order valence-electron chi connectivity index (χ2n) is 4.13. The number of aldehydes is 1. The van der Waals surface area contributed by atoms with E-state index in [2.05, 4.69) is 5.10 Å². The van der Waals surface area contributed by atoms with Crippen LogP contribution in [0.1, 0.15) is 30.2 Å². The highest BCUT2D eigenvalue weighted by Gasteiger charge is 2.10. The normalized spacial score (nSPS) is 10.7. The van der Waals surface area contributed by atoms with Gasteiger partial charge in [0, 0.05) is 6.04 Å². The first kappa shape index (κ1) is 12.6. The highest BCUT2D eigenvalue weighted by molar-refractivity contribution is 6.32. The third kappa shape index (κ3) is 2.54. The number of para-hydroxylation sites is 1. The summed E-state index contributed by atoms with van der Waals surface area (Å²) in [6.07, 6.45) is 4.08. The number of benzene rings is 1. The number of carbonyl (C=O) groups excluding carboxylic acids is 1. The highest BCUT2D eigenvalue weighted by atomic mass is 35.5. The summed E-state index contributed by atoms with van der Waals surface area (Å²) in [5, 5.41) is 4.56. The van der Waals surface area contributed by atoms with Crippen LogP contribution >= 0.6 is 11.6 Å². The van der Waals surface area contributed by atoms with Gasteiger partial charge in [-0.3, -0.25) is 9.48 Å². The fraction of sp³-hybridized carbons (Fsp3) is 0.231. The van der Waals surface area contributed by atoms with E-state index in [1.807, 2.05) is 13.8 Å². The van der Waals surface area contributed by atoms with Crippen molar-refractivity contribution in [2.24, 2.45) is 0 Å². The van der Waals surface area contributed by atoms with E-state index in [4.69, 9.17) is 16.3 Å². The van der Waals surface area contributed by atoms with Gasteiger partial charge in [0.2, 0.25) is 0 Å². The van der Waals surface area contributed by atoms with Crippen molar-refractivity contribution in [3.8, 4) is 11.5 Å². The smallest absolute Gasteiger partial charge is 0.165 e. The fourth-order valence-electron chi connectivity index (χ4n) is 1.50. The molecular weight excluding hydrogens is 252 g/mol.